The van der Waals surface area contributed by atoms with Gasteiger partial charge in [-0.25, -0.2) is 4.98 Å². The predicted molar refractivity (Wildman–Crippen MR) is 78.9 cm³/mol. The van der Waals surface area contributed by atoms with Crippen molar-refractivity contribution in [3.8, 4) is 0 Å². The van der Waals surface area contributed by atoms with Crippen molar-refractivity contribution in [3.63, 3.8) is 0 Å². The maximum absolute atomic E-state index is 10.5. The summed E-state index contributed by atoms with van der Waals surface area (Å²) in [7, 11) is 2.06. The van der Waals surface area contributed by atoms with E-state index in [1.165, 1.54) is 0 Å². The van der Waals surface area contributed by atoms with Crippen molar-refractivity contribution in [2.45, 2.75) is 32.2 Å². The quantitative estimate of drug-likeness (QED) is 0.797. The number of carboxylic acids is 1. The molecule has 0 amide bonds. The predicted octanol–water partition coefficient (Wildman–Crippen LogP) is 2.74. The van der Waals surface area contributed by atoms with E-state index in [-0.39, 0.29) is 6.42 Å². The minimum atomic E-state index is -0.772. The van der Waals surface area contributed by atoms with E-state index in [1.807, 2.05) is 17.1 Å². The number of aliphatic carboxylic acids is 1. The number of rotatable bonds is 8. The fourth-order valence-electron chi connectivity index (χ4n) is 1.66. The monoisotopic (exact) mass is 288 g/mol. The Bertz CT molecular complexity index is 382. The molecule has 0 bridgehead atoms. The third-order valence-corrected chi connectivity index (χ3v) is 4.51. The van der Waals surface area contributed by atoms with Crippen molar-refractivity contribution in [1.29, 1.82) is 0 Å². The fraction of sp³-hybridized carbons (Fsp3) is 0.667. The maximum Gasteiger partial charge on any atom is 0.303 e. The number of thiazole rings is 1. The van der Waals surface area contributed by atoms with E-state index in [0.29, 0.717) is 12.5 Å². The minimum absolute atomic E-state index is 0.148. The van der Waals surface area contributed by atoms with Crippen LogP contribution >= 0.6 is 23.1 Å². The number of nitrogens with zero attached hydrogens (tertiary/aromatic N) is 2. The summed E-state index contributed by atoms with van der Waals surface area (Å²) in [6.07, 6.45) is 3.85. The summed E-state index contributed by atoms with van der Waals surface area (Å²) in [4.78, 5) is 17.2. The molecule has 0 spiro atoms. The van der Waals surface area contributed by atoms with E-state index in [1.54, 1.807) is 11.3 Å². The second-order valence-corrected chi connectivity index (χ2v) is 5.89. The fourth-order valence-corrected chi connectivity index (χ4v) is 3.40. The van der Waals surface area contributed by atoms with E-state index >= 15 is 0 Å². The van der Waals surface area contributed by atoms with Crippen molar-refractivity contribution in [1.82, 2.24) is 4.98 Å². The normalized spacial score (nSPS) is 12.4. The molecule has 0 saturated heterocycles. The van der Waals surface area contributed by atoms with E-state index in [4.69, 9.17) is 5.11 Å². The lowest BCUT2D eigenvalue weighted by molar-refractivity contribution is -0.136. The lowest BCUT2D eigenvalue weighted by atomic mass is 10.2. The molecule has 1 heterocycles. The maximum atomic E-state index is 10.5. The Labute approximate surface area is 116 Å². The van der Waals surface area contributed by atoms with Crippen LogP contribution in [0.4, 0.5) is 5.13 Å². The summed E-state index contributed by atoms with van der Waals surface area (Å²) >= 11 is 3.43. The molecule has 0 saturated carbocycles. The third-order valence-electron chi connectivity index (χ3n) is 2.81. The molecule has 102 valence electrons. The van der Waals surface area contributed by atoms with Gasteiger partial charge in [-0.15, -0.1) is 11.3 Å². The van der Waals surface area contributed by atoms with Crippen LogP contribution in [-0.4, -0.2) is 41.2 Å². The van der Waals surface area contributed by atoms with Gasteiger partial charge in [-0.2, -0.15) is 11.8 Å². The van der Waals surface area contributed by atoms with Crippen LogP contribution < -0.4 is 4.90 Å². The number of carboxylic acid groups (broad SMARTS) is 1. The molecule has 0 aliphatic heterocycles. The van der Waals surface area contributed by atoms with Crippen LogP contribution in [0, 0.1) is 0 Å². The molecule has 1 unspecified atom stereocenters. The van der Waals surface area contributed by atoms with Crippen LogP contribution in [0.15, 0.2) is 5.38 Å². The number of aromatic nitrogens is 1. The zero-order valence-corrected chi connectivity index (χ0v) is 12.7. The average Bonchev–Trinajstić information content (AvgIpc) is 2.81. The molecule has 0 radical (unpaired) electrons. The van der Waals surface area contributed by atoms with Crippen molar-refractivity contribution >= 4 is 34.2 Å². The van der Waals surface area contributed by atoms with E-state index in [0.717, 1.165) is 23.0 Å². The van der Waals surface area contributed by atoms with Crippen LogP contribution in [0.1, 0.15) is 25.5 Å². The highest BCUT2D eigenvalue weighted by atomic mass is 32.2. The summed E-state index contributed by atoms with van der Waals surface area (Å²) in [5, 5.41) is 11.6. The summed E-state index contributed by atoms with van der Waals surface area (Å²) in [6.45, 7) is 2.18. The van der Waals surface area contributed by atoms with Crippen LogP contribution in [-0.2, 0) is 11.2 Å². The third kappa shape index (κ3) is 4.49. The smallest absolute Gasteiger partial charge is 0.303 e. The number of hydrogen-bond acceptors (Lipinski definition) is 5. The molecule has 1 N–H and O–H groups in total. The first-order valence-corrected chi connectivity index (χ1v) is 8.23. The van der Waals surface area contributed by atoms with Gasteiger partial charge >= 0.3 is 5.97 Å². The molecule has 1 atom stereocenters. The van der Waals surface area contributed by atoms with Crippen molar-refractivity contribution in [2.24, 2.45) is 0 Å². The SMILES string of the molecule is CCC(CSC)N(C)c1nc(CCC(=O)O)cs1. The Balaban J connectivity index is 2.63. The van der Waals surface area contributed by atoms with Gasteiger partial charge in [0.25, 0.3) is 0 Å². The van der Waals surface area contributed by atoms with Gasteiger partial charge in [-0.1, -0.05) is 6.92 Å². The molecule has 0 aliphatic carbocycles. The second kappa shape index (κ2) is 7.63. The number of anilines is 1. The molecule has 1 aromatic rings. The molecule has 0 fully saturated rings. The average molecular weight is 288 g/mol. The number of hydrogen-bond donors (Lipinski definition) is 1. The molecule has 1 aromatic heterocycles. The summed E-state index contributed by atoms with van der Waals surface area (Å²) in [5.41, 5.74) is 0.878. The topological polar surface area (TPSA) is 53.4 Å². The highest BCUT2D eigenvalue weighted by Gasteiger charge is 2.16. The molecule has 4 nitrogen and oxygen atoms in total. The van der Waals surface area contributed by atoms with Crippen molar-refractivity contribution in [3.05, 3.63) is 11.1 Å². The molecule has 6 heteroatoms. The lowest BCUT2D eigenvalue weighted by Crippen LogP contribution is -2.33. The molecule has 18 heavy (non-hydrogen) atoms. The summed E-state index contributed by atoms with van der Waals surface area (Å²) in [6, 6.07) is 0.485. The largest absolute Gasteiger partial charge is 0.481 e. The van der Waals surface area contributed by atoms with Gasteiger partial charge in [0, 0.05) is 30.6 Å². The van der Waals surface area contributed by atoms with Crippen LogP contribution in [0.5, 0.6) is 0 Å². The number of thioether (sulfide) groups is 1. The highest BCUT2D eigenvalue weighted by molar-refractivity contribution is 7.98. The van der Waals surface area contributed by atoms with Gasteiger partial charge < -0.3 is 10.0 Å². The van der Waals surface area contributed by atoms with Gasteiger partial charge in [0.15, 0.2) is 5.13 Å². The molecular formula is C12H20N2O2S2. The first kappa shape index (κ1) is 15.3. The zero-order valence-electron chi connectivity index (χ0n) is 11.0. The van der Waals surface area contributed by atoms with Crippen molar-refractivity contribution < 1.29 is 9.90 Å². The van der Waals surface area contributed by atoms with E-state index in [9.17, 15) is 4.79 Å². The summed E-state index contributed by atoms with van der Waals surface area (Å²) in [5.74, 6) is 0.309. The lowest BCUT2D eigenvalue weighted by Gasteiger charge is -2.26. The van der Waals surface area contributed by atoms with Gasteiger partial charge in [-0.3, -0.25) is 4.79 Å². The molecular weight excluding hydrogens is 268 g/mol. The van der Waals surface area contributed by atoms with Gasteiger partial charge in [0.05, 0.1) is 12.1 Å². The Morgan fingerprint density at radius 2 is 2.39 bits per heavy atom. The highest BCUT2D eigenvalue weighted by Crippen LogP contribution is 2.23. The number of carbonyl (C=O) groups is 1. The van der Waals surface area contributed by atoms with Crippen LogP contribution in [0.2, 0.25) is 0 Å². The standard InChI is InChI=1S/C12H20N2O2S2/c1-4-10(8-17-3)14(2)12-13-9(7-18-12)5-6-11(15)16/h7,10H,4-6,8H2,1-3H3,(H,15,16). The van der Waals surface area contributed by atoms with Crippen LogP contribution in [0.3, 0.4) is 0 Å². The van der Waals surface area contributed by atoms with Gasteiger partial charge in [-0.05, 0) is 12.7 Å². The first-order chi connectivity index (χ1) is 8.58. The minimum Gasteiger partial charge on any atom is -0.481 e. The Morgan fingerprint density at radius 3 is 2.94 bits per heavy atom. The van der Waals surface area contributed by atoms with Gasteiger partial charge in [0.2, 0.25) is 0 Å². The van der Waals surface area contributed by atoms with Crippen molar-refractivity contribution in [2.75, 3.05) is 24.0 Å². The summed E-state index contributed by atoms with van der Waals surface area (Å²) < 4.78 is 0. The molecule has 0 aliphatic rings. The Morgan fingerprint density at radius 1 is 1.67 bits per heavy atom. The molecule has 0 aromatic carbocycles. The molecule has 1 rings (SSSR count). The number of aryl methyl sites for hydroxylation is 1. The van der Waals surface area contributed by atoms with E-state index in [2.05, 4.69) is 30.1 Å². The van der Waals surface area contributed by atoms with Gasteiger partial charge in [0.1, 0.15) is 0 Å². The Kier molecular flexibility index (Phi) is 6.49. The zero-order chi connectivity index (χ0) is 13.5. The second-order valence-electron chi connectivity index (χ2n) is 4.14. The van der Waals surface area contributed by atoms with E-state index < -0.39 is 5.97 Å². The first-order valence-electron chi connectivity index (χ1n) is 5.96. The Hall–Kier alpha value is -0.750. The van der Waals surface area contributed by atoms with Crippen LogP contribution in [0.25, 0.3) is 0 Å².